The molecular formula is C16H19BrN2O3. The van der Waals surface area contributed by atoms with Gasteiger partial charge < -0.3 is 14.4 Å². The van der Waals surface area contributed by atoms with Crippen LogP contribution in [0.1, 0.15) is 26.3 Å². The molecule has 0 aliphatic carbocycles. The number of halogens is 1. The number of rotatable bonds is 3. The molecule has 1 fully saturated rings. The molecule has 0 spiro atoms. The van der Waals surface area contributed by atoms with Gasteiger partial charge in [0.25, 0.3) is 0 Å². The molecule has 6 heteroatoms. The Morgan fingerprint density at radius 3 is 2.73 bits per heavy atom. The third-order valence-corrected chi connectivity index (χ3v) is 3.84. The van der Waals surface area contributed by atoms with Crippen molar-refractivity contribution in [3.63, 3.8) is 0 Å². The smallest absolute Gasteiger partial charge is 0.410 e. The molecule has 1 aromatic rings. The first-order chi connectivity index (χ1) is 10.3. The lowest BCUT2D eigenvalue weighted by atomic mass is 10.0. The van der Waals surface area contributed by atoms with E-state index < -0.39 is 5.60 Å². The second-order valence-electron chi connectivity index (χ2n) is 6.32. The van der Waals surface area contributed by atoms with Gasteiger partial charge in [-0.3, -0.25) is 0 Å². The van der Waals surface area contributed by atoms with Gasteiger partial charge >= 0.3 is 6.09 Å². The van der Waals surface area contributed by atoms with E-state index in [-0.39, 0.29) is 6.09 Å². The fourth-order valence-corrected chi connectivity index (χ4v) is 2.38. The number of carbonyl (C=O) groups is 1. The fourth-order valence-electron chi connectivity index (χ4n) is 2.04. The van der Waals surface area contributed by atoms with E-state index in [1.54, 1.807) is 17.0 Å². The number of likely N-dealkylation sites (tertiary alicyclic amines) is 1. The molecule has 118 valence electrons. The third kappa shape index (κ3) is 4.38. The molecule has 1 aliphatic heterocycles. The van der Waals surface area contributed by atoms with Crippen molar-refractivity contribution >= 4 is 22.0 Å². The molecule has 2 rings (SSSR count). The molecule has 1 aliphatic rings. The molecule has 1 heterocycles. The van der Waals surface area contributed by atoms with Gasteiger partial charge in [-0.2, -0.15) is 5.26 Å². The molecule has 0 N–H and O–H groups in total. The first kappa shape index (κ1) is 16.6. The summed E-state index contributed by atoms with van der Waals surface area (Å²) >= 11 is 3.31. The van der Waals surface area contributed by atoms with Crippen molar-refractivity contribution in [2.45, 2.75) is 26.4 Å². The van der Waals surface area contributed by atoms with Crippen LogP contribution in [-0.4, -0.2) is 36.3 Å². The Balaban J connectivity index is 1.77. The average Bonchev–Trinajstić information content (AvgIpc) is 2.36. The van der Waals surface area contributed by atoms with Crippen LogP contribution in [0, 0.1) is 17.2 Å². The lowest BCUT2D eigenvalue weighted by molar-refractivity contribution is -0.00781. The lowest BCUT2D eigenvalue weighted by Crippen LogP contribution is -2.53. The van der Waals surface area contributed by atoms with E-state index in [4.69, 9.17) is 14.7 Å². The van der Waals surface area contributed by atoms with E-state index in [1.165, 1.54) is 0 Å². The summed E-state index contributed by atoms with van der Waals surface area (Å²) in [6.07, 6.45) is -0.279. The van der Waals surface area contributed by atoms with Crippen molar-refractivity contribution in [3.8, 4) is 11.8 Å². The maximum atomic E-state index is 11.8. The minimum Gasteiger partial charge on any atom is -0.493 e. The van der Waals surface area contributed by atoms with Crippen LogP contribution in [0.2, 0.25) is 0 Å². The van der Waals surface area contributed by atoms with Gasteiger partial charge in [-0.1, -0.05) is 0 Å². The van der Waals surface area contributed by atoms with Gasteiger partial charge in [-0.15, -0.1) is 0 Å². The zero-order valence-electron chi connectivity index (χ0n) is 12.9. The summed E-state index contributed by atoms with van der Waals surface area (Å²) < 4.78 is 11.7. The van der Waals surface area contributed by atoms with Crippen molar-refractivity contribution < 1.29 is 14.3 Å². The number of ether oxygens (including phenoxy) is 2. The highest BCUT2D eigenvalue weighted by Crippen LogP contribution is 2.24. The van der Waals surface area contributed by atoms with E-state index in [0.717, 1.165) is 4.47 Å². The Morgan fingerprint density at radius 1 is 1.45 bits per heavy atom. The number of benzene rings is 1. The van der Waals surface area contributed by atoms with Crippen molar-refractivity contribution in [3.05, 3.63) is 28.2 Å². The molecule has 0 unspecified atom stereocenters. The van der Waals surface area contributed by atoms with Gasteiger partial charge in [-0.05, 0) is 54.9 Å². The number of nitrogens with zero attached hydrogens (tertiary/aromatic N) is 2. The third-order valence-electron chi connectivity index (χ3n) is 3.15. The van der Waals surface area contributed by atoms with Gasteiger partial charge in [-0.25, -0.2) is 4.79 Å². The van der Waals surface area contributed by atoms with Crippen molar-refractivity contribution in [1.29, 1.82) is 5.26 Å². The molecule has 5 nitrogen and oxygen atoms in total. The van der Waals surface area contributed by atoms with Gasteiger partial charge in [0.05, 0.1) is 12.2 Å². The lowest BCUT2D eigenvalue weighted by Gasteiger charge is -2.39. The second kappa shape index (κ2) is 6.57. The van der Waals surface area contributed by atoms with Crippen LogP contribution >= 0.6 is 15.9 Å². The van der Waals surface area contributed by atoms with Crippen LogP contribution in [0.25, 0.3) is 0 Å². The SMILES string of the molecule is CC(C)(C)OC(=O)N1CC(COc2ccc(Br)c(C#N)c2)C1. The fraction of sp³-hybridized carbons (Fsp3) is 0.500. The predicted molar refractivity (Wildman–Crippen MR) is 85.6 cm³/mol. The Kier molecular flexibility index (Phi) is 4.97. The molecular weight excluding hydrogens is 348 g/mol. The van der Waals surface area contributed by atoms with Crippen molar-refractivity contribution in [2.24, 2.45) is 5.92 Å². The molecule has 0 radical (unpaired) electrons. The molecule has 0 saturated carbocycles. The minimum atomic E-state index is -0.468. The van der Waals surface area contributed by atoms with Gasteiger partial charge in [0.2, 0.25) is 0 Å². The summed E-state index contributed by atoms with van der Waals surface area (Å²) in [6, 6.07) is 7.41. The van der Waals surface area contributed by atoms with Crippen molar-refractivity contribution in [1.82, 2.24) is 4.90 Å². The van der Waals surface area contributed by atoms with Gasteiger partial charge in [0.1, 0.15) is 17.4 Å². The summed E-state index contributed by atoms with van der Waals surface area (Å²) in [5.41, 5.74) is 0.0746. The van der Waals surface area contributed by atoms with E-state index in [9.17, 15) is 4.79 Å². The van der Waals surface area contributed by atoms with Crippen LogP contribution < -0.4 is 4.74 Å². The van der Waals surface area contributed by atoms with Crippen LogP contribution in [0.5, 0.6) is 5.75 Å². The molecule has 22 heavy (non-hydrogen) atoms. The molecule has 0 atom stereocenters. The second-order valence-corrected chi connectivity index (χ2v) is 7.17. The van der Waals surface area contributed by atoms with Crippen molar-refractivity contribution in [2.75, 3.05) is 19.7 Å². The highest BCUT2D eigenvalue weighted by molar-refractivity contribution is 9.10. The van der Waals surface area contributed by atoms with E-state index >= 15 is 0 Å². The van der Waals surface area contributed by atoms with Gasteiger partial charge in [0, 0.05) is 23.5 Å². The largest absolute Gasteiger partial charge is 0.493 e. The molecule has 0 bridgehead atoms. The van der Waals surface area contributed by atoms with E-state index in [0.29, 0.717) is 36.9 Å². The van der Waals surface area contributed by atoms with Crippen LogP contribution in [0.15, 0.2) is 22.7 Å². The zero-order chi connectivity index (χ0) is 16.3. The maximum absolute atomic E-state index is 11.8. The van der Waals surface area contributed by atoms with Gasteiger partial charge in [0.15, 0.2) is 0 Å². The quantitative estimate of drug-likeness (QED) is 0.820. The zero-order valence-corrected chi connectivity index (χ0v) is 14.5. The number of nitriles is 1. The van der Waals surface area contributed by atoms with E-state index in [2.05, 4.69) is 22.0 Å². The highest BCUT2D eigenvalue weighted by atomic mass is 79.9. The molecule has 1 amide bonds. The van der Waals surface area contributed by atoms with Crippen LogP contribution in [-0.2, 0) is 4.74 Å². The Morgan fingerprint density at radius 2 is 2.14 bits per heavy atom. The highest BCUT2D eigenvalue weighted by Gasteiger charge is 2.34. The number of amides is 1. The number of hydrogen-bond donors (Lipinski definition) is 0. The minimum absolute atomic E-state index is 0.279. The Labute approximate surface area is 138 Å². The first-order valence-electron chi connectivity index (χ1n) is 7.09. The monoisotopic (exact) mass is 366 g/mol. The predicted octanol–water partition coefficient (Wildman–Crippen LogP) is 3.57. The molecule has 0 aromatic heterocycles. The first-order valence-corrected chi connectivity index (χ1v) is 7.88. The average molecular weight is 367 g/mol. The summed E-state index contributed by atoms with van der Waals surface area (Å²) in [5.74, 6) is 0.956. The summed E-state index contributed by atoms with van der Waals surface area (Å²) in [7, 11) is 0. The standard InChI is InChI=1S/C16H19BrN2O3/c1-16(2,3)22-15(20)19-8-11(9-19)10-21-13-4-5-14(17)12(6-13)7-18/h4-6,11H,8-10H2,1-3H3. The normalized spacial score (nSPS) is 15.0. The van der Waals surface area contributed by atoms with Crippen LogP contribution in [0.4, 0.5) is 4.79 Å². The number of carbonyl (C=O) groups excluding carboxylic acids is 1. The Hall–Kier alpha value is -1.74. The summed E-state index contributed by atoms with van der Waals surface area (Å²) in [5, 5.41) is 8.97. The maximum Gasteiger partial charge on any atom is 0.410 e. The Bertz CT molecular complexity index is 598. The van der Waals surface area contributed by atoms with Crippen LogP contribution in [0.3, 0.4) is 0 Å². The molecule has 1 aromatic carbocycles. The topological polar surface area (TPSA) is 62.6 Å². The molecule has 1 saturated heterocycles. The summed E-state index contributed by atoms with van der Waals surface area (Å²) in [4.78, 5) is 13.5. The summed E-state index contributed by atoms with van der Waals surface area (Å²) in [6.45, 7) is 7.35. The number of hydrogen-bond acceptors (Lipinski definition) is 4. The van der Waals surface area contributed by atoms with E-state index in [1.807, 2.05) is 26.8 Å².